The van der Waals surface area contributed by atoms with Crippen LogP contribution in [0.2, 0.25) is 0 Å². The molecule has 0 aliphatic carbocycles. The molecular formula is C15H14N4O3S. The molecule has 0 saturated heterocycles. The molecule has 0 radical (unpaired) electrons. The largest absolute Gasteiger partial charge is 0.504 e. The molecule has 2 aromatic heterocycles. The van der Waals surface area contributed by atoms with Gasteiger partial charge in [0.2, 0.25) is 10.6 Å². The lowest BCUT2D eigenvalue weighted by molar-refractivity contribution is 0.318. The van der Waals surface area contributed by atoms with Crippen LogP contribution in [0.4, 0.5) is 0 Å². The second-order valence-electron chi connectivity index (χ2n) is 4.55. The second-order valence-corrected chi connectivity index (χ2v) is 4.93. The fraction of sp³-hybridized carbons (Fsp3) is 0.133. The zero-order chi connectivity index (χ0) is 16.2. The topological polar surface area (TPSA) is 88.6 Å². The number of hydrogen-bond acceptors (Lipinski definition) is 6. The van der Waals surface area contributed by atoms with Gasteiger partial charge in [-0.25, -0.2) is 5.10 Å². The van der Waals surface area contributed by atoms with Gasteiger partial charge in [0, 0.05) is 0 Å². The van der Waals surface area contributed by atoms with Crippen molar-refractivity contribution in [2.24, 2.45) is 5.10 Å². The average Bonchev–Trinajstić information content (AvgIpc) is 3.18. The Balaban J connectivity index is 1.94. The Morgan fingerprint density at radius 3 is 3.09 bits per heavy atom. The van der Waals surface area contributed by atoms with Crippen molar-refractivity contribution in [2.45, 2.75) is 6.92 Å². The number of aromatic hydroxyl groups is 1. The standard InChI is InChI=1S/C15H14N4O3S/c1-2-21-13-8-10(5-6-11(13)20)9-16-19-14(17-18-15(19)23)12-4-3-7-22-12/h3-9,20H,2H2,1H3,(H,18,23)/b16-9-. The van der Waals surface area contributed by atoms with Gasteiger partial charge in [0.25, 0.3) is 0 Å². The van der Waals surface area contributed by atoms with Crippen LogP contribution < -0.4 is 4.74 Å². The van der Waals surface area contributed by atoms with E-state index >= 15 is 0 Å². The molecule has 23 heavy (non-hydrogen) atoms. The second kappa shape index (κ2) is 6.49. The molecule has 1 aromatic carbocycles. The number of phenols is 1. The van der Waals surface area contributed by atoms with E-state index in [2.05, 4.69) is 15.3 Å². The Hall–Kier alpha value is -2.87. The Morgan fingerprint density at radius 2 is 2.35 bits per heavy atom. The van der Waals surface area contributed by atoms with Crippen LogP contribution in [0, 0.1) is 4.77 Å². The summed E-state index contributed by atoms with van der Waals surface area (Å²) >= 11 is 5.18. The van der Waals surface area contributed by atoms with E-state index in [4.69, 9.17) is 21.4 Å². The number of furan rings is 1. The summed E-state index contributed by atoms with van der Waals surface area (Å²) in [5.41, 5.74) is 0.750. The lowest BCUT2D eigenvalue weighted by Crippen LogP contribution is -1.96. The number of benzene rings is 1. The summed E-state index contributed by atoms with van der Waals surface area (Å²) < 4.78 is 12.5. The maximum absolute atomic E-state index is 9.71. The highest BCUT2D eigenvalue weighted by atomic mass is 32.1. The lowest BCUT2D eigenvalue weighted by Gasteiger charge is -2.06. The summed E-state index contributed by atoms with van der Waals surface area (Å²) in [6.45, 7) is 2.31. The van der Waals surface area contributed by atoms with Crippen LogP contribution in [0.1, 0.15) is 12.5 Å². The van der Waals surface area contributed by atoms with Gasteiger partial charge in [0.05, 0.1) is 19.1 Å². The minimum Gasteiger partial charge on any atom is -0.504 e. The quantitative estimate of drug-likeness (QED) is 0.554. The van der Waals surface area contributed by atoms with Crippen LogP contribution >= 0.6 is 12.2 Å². The number of aromatic amines is 1. The molecule has 0 atom stereocenters. The summed E-state index contributed by atoms with van der Waals surface area (Å²) in [6.07, 6.45) is 3.15. The molecule has 2 N–H and O–H groups in total. The number of H-pyrrole nitrogens is 1. The Bertz CT molecular complexity index is 881. The maximum Gasteiger partial charge on any atom is 0.219 e. The van der Waals surface area contributed by atoms with Crippen molar-refractivity contribution >= 4 is 18.4 Å². The summed E-state index contributed by atoms with van der Waals surface area (Å²) in [4.78, 5) is 0. The average molecular weight is 330 g/mol. The summed E-state index contributed by atoms with van der Waals surface area (Å²) in [5, 5.41) is 20.8. The molecule has 0 aliphatic heterocycles. The molecular weight excluding hydrogens is 316 g/mol. The third-order valence-electron chi connectivity index (χ3n) is 3.00. The van der Waals surface area contributed by atoms with Crippen molar-refractivity contribution in [3.8, 4) is 23.1 Å². The van der Waals surface area contributed by atoms with Gasteiger partial charge in [-0.2, -0.15) is 9.78 Å². The number of nitrogens with one attached hydrogen (secondary N) is 1. The normalized spacial score (nSPS) is 11.2. The first kappa shape index (κ1) is 15.0. The molecule has 0 aliphatic rings. The number of phenolic OH excluding ortho intramolecular Hbond substituents is 1. The van der Waals surface area contributed by atoms with Crippen LogP contribution in [0.25, 0.3) is 11.6 Å². The number of rotatable bonds is 5. The molecule has 0 amide bonds. The van der Waals surface area contributed by atoms with Gasteiger partial charge >= 0.3 is 0 Å². The maximum atomic E-state index is 9.71. The van der Waals surface area contributed by atoms with E-state index in [0.29, 0.717) is 28.7 Å². The fourth-order valence-corrected chi connectivity index (χ4v) is 2.15. The third-order valence-corrected chi connectivity index (χ3v) is 3.26. The number of nitrogens with zero attached hydrogens (tertiary/aromatic N) is 3. The number of aromatic nitrogens is 3. The van der Waals surface area contributed by atoms with Gasteiger partial charge in [-0.1, -0.05) is 0 Å². The van der Waals surface area contributed by atoms with Crippen molar-refractivity contribution in [1.82, 2.24) is 14.9 Å². The zero-order valence-corrected chi connectivity index (χ0v) is 13.1. The van der Waals surface area contributed by atoms with E-state index in [-0.39, 0.29) is 5.75 Å². The van der Waals surface area contributed by atoms with E-state index in [1.165, 1.54) is 4.68 Å². The highest BCUT2D eigenvalue weighted by Crippen LogP contribution is 2.26. The van der Waals surface area contributed by atoms with Crippen molar-refractivity contribution in [2.75, 3.05) is 6.61 Å². The smallest absolute Gasteiger partial charge is 0.219 e. The number of hydrogen-bond donors (Lipinski definition) is 2. The SMILES string of the molecule is CCOc1cc(/C=N\n2c(-c3ccco3)n[nH]c2=S)ccc1O. The number of ether oxygens (including phenoxy) is 1. The van der Waals surface area contributed by atoms with E-state index in [0.717, 1.165) is 5.56 Å². The molecule has 3 rings (SSSR count). The predicted molar refractivity (Wildman–Crippen MR) is 87.4 cm³/mol. The highest BCUT2D eigenvalue weighted by molar-refractivity contribution is 7.71. The molecule has 7 nitrogen and oxygen atoms in total. The molecule has 2 heterocycles. The van der Waals surface area contributed by atoms with Gasteiger partial charge < -0.3 is 14.3 Å². The van der Waals surface area contributed by atoms with Crippen molar-refractivity contribution < 1.29 is 14.3 Å². The van der Waals surface area contributed by atoms with Crippen LogP contribution in [0.5, 0.6) is 11.5 Å². The lowest BCUT2D eigenvalue weighted by atomic mass is 10.2. The van der Waals surface area contributed by atoms with Crippen LogP contribution in [-0.2, 0) is 0 Å². The molecule has 0 saturated carbocycles. The molecule has 0 fully saturated rings. The Kier molecular flexibility index (Phi) is 4.24. The third kappa shape index (κ3) is 3.16. The first-order valence-electron chi connectivity index (χ1n) is 6.90. The summed E-state index contributed by atoms with van der Waals surface area (Å²) in [5.74, 6) is 1.51. The first-order chi connectivity index (χ1) is 11.2. The van der Waals surface area contributed by atoms with Gasteiger partial charge in [-0.05, 0) is 55.0 Å². The Labute approximate surface area is 136 Å². The minimum absolute atomic E-state index is 0.0835. The molecule has 8 heteroatoms. The van der Waals surface area contributed by atoms with E-state index in [9.17, 15) is 5.11 Å². The molecule has 0 unspecified atom stereocenters. The van der Waals surface area contributed by atoms with E-state index in [1.807, 2.05) is 6.92 Å². The summed E-state index contributed by atoms with van der Waals surface area (Å²) in [7, 11) is 0. The molecule has 3 aromatic rings. The van der Waals surface area contributed by atoms with E-state index in [1.54, 1.807) is 42.8 Å². The monoisotopic (exact) mass is 330 g/mol. The molecule has 118 valence electrons. The van der Waals surface area contributed by atoms with Crippen molar-refractivity contribution in [3.63, 3.8) is 0 Å². The first-order valence-corrected chi connectivity index (χ1v) is 7.31. The van der Waals surface area contributed by atoms with Crippen LogP contribution in [0.15, 0.2) is 46.1 Å². The van der Waals surface area contributed by atoms with Gasteiger partial charge in [0.15, 0.2) is 17.3 Å². The summed E-state index contributed by atoms with van der Waals surface area (Å²) in [6, 6.07) is 8.49. The molecule has 0 spiro atoms. The Morgan fingerprint density at radius 1 is 1.48 bits per heavy atom. The fourth-order valence-electron chi connectivity index (χ4n) is 1.97. The minimum atomic E-state index is 0.0835. The van der Waals surface area contributed by atoms with Crippen LogP contribution in [0.3, 0.4) is 0 Å². The van der Waals surface area contributed by atoms with Gasteiger partial charge in [0.1, 0.15) is 0 Å². The van der Waals surface area contributed by atoms with Gasteiger partial charge in [-0.3, -0.25) is 0 Å². The highest BCUT2D eigenvalue weighted by Gasteiger charge is 2.10. The zero-order valence-electron chi connectivity index (χ0n) is 12.3. The van der Waals surface area contributed by atoms with Crippen molar-refractivity contribution in [1.29, 1.82) is 0 Å². The van der Waals surface area contributed by atoms with E-state index < -0.39 is 0 Å². The predicted octanol–water partition coefficient (Wildman–Crippen LogP) is 3.19. The van der Waals surface area contributed by atoms with Crippen LogP contribution in [-0.4, -0.2) is 32.8 Å². The van der Waals surface area contributed by atoms with Crippen molar-refractivity contribution in [3.05, 3.63) is 46.9 Å². The molecule has 0 bridgehead atoms. The van der Waals surface area contributed by atoms with Gasteiger partial charge in [-0.15, -0.1) is 5.10 Å².